The van der Waals surface area contributed by atoms with Gasteiger partial charge in [0, 0.05) is 6.54 Å². The van der Waals surface area contributed by atoms with Crippen LogP contribution in [0.5, 0.6) is 0 Å². The third kappa shape index (κ3) is 3.37. The molecule has 2 fully saturated rings. The second kappa shape index (κ2) is 7.19. The lowest BCUT2D eigenvalue weighted by Gasteiger charge is -2.39. The van der Waals surface area contributed by atoms with E-state index in [9.17, 15) is 5.11 Å². The lowest BCUT2D eigenvalue weighted by Crippen LogP contribution is -2.41. The lowest BCUT2D eigenvalue weighted by atomic mass is 9.70. The SMILES string of the molecule is CCCN(CCC)C[C@H](O)CO[C@@H]1C[C@H]2CC[C@@]1(C)C2(C)C. The number of aliphatic hydroxyl groups excluding tert-OH is 1. The van der Waals surface area contributed by atoms with Gasteiger partial charge in [-0.25, -0.2) is 0 Å². The first-order valence-corrected chi connectivity index (χ1v) is 9.37. The summed E-state index contributed by atoms with van der Waals surface area (Å²) in [4.78, 5) is 2.36. The predicted molar refractivity (Wildman–Crippen MR) is 92.0 cm³/mol. The molecule has 0 amide bonds. The average Bonchev–Trinajstić information content (AvgIpc) is 2.78. The summed E-state index contributed by atoms with van der Waals surface area (Å²) in [6, 6.07) is 0. The maximum atomic E-state index is 10.4. The van der Waals surface area contributed by atoms with Crippen molar-refractivity contribution in [3.05, 3.63) is 0 Å². The fourth-order valence-electron chi connectivity index (χ4n) is 4.89. The number of nitrogens with zero attached hydrogens (tertiary/aromatic N) is 1. The molecule has 0 aromatic carbocycles. The predicted octanol–water partition coefficient (Wildman–Crippen LogP) is 3.70. The van der Waals surface area contributed by atoms with Gasteiger partial charge in [-0.2, -0.15) is 0 Å². The minimum atomic E-state index is -0.357. The summed E-state index contributed by atoms with van der Waals surface area (Å²) in [6.07, 6.45) is 6.08. The van der Waals surface area contributed by atoms with Crippen LogP contribution in [-0.4, -0.2) is 48.5 Å². The van der Waals surface area contributed by atoms with Crippen LogP contribution in [0.4, 0.5) is 0 Å². The van der Waals surface area contributed by atoms with Gasteiger partial charge in [0.15, 0.2) is 0 Å². The maximum Gasteiger partial charge on any atom is 0.0900 e. The molecule has 2 saturated carbocycles. The minimum Gasteiger partial charge on any atom is -0.389 e. The van der Waals surface area contributed by atoms with Gasteiger partial charge in [-0.05, 0) is 61.9 Å². The van der Waals surface area contributed by atoms with Crippen LogP contribution in [0.1, 0.15) is 66.7 Å². The standard InChI is InChI=1S/C19H37NO2/c1-6-10-20(11-7-2)13-16(21)14-22-17-12-15-8-9-19(17,5)18(15,3)4/h15-17,21H,6-14H2,1-5H3/t15-,16+,17-,19-/m1/s1. The molecule has 2 bridgehead atoms. The van der Waals surface area contributed by atoms with Crippen molar-refractivity contribution in [3.8, 4) is 0 Å². The fraction of sp³-hybridized carbons (Fsp3) is 1.00. The molecule has 0 aromatic heterocycles. The average molecular weight is 312 g/mol. The Bertz CT molecular complexity index is 351. The van der Waals surface area contributed by atoms with Gasteiger partial charge in [0.2, 0.25) is 0 Å². The first-order valence-electron chi connectivity index (χ1n) is 9.37. The molecule has 4 atom stereocenters. The normalized spacial score (nSPS) is 34.5. The third-order valence-electron chi connectivity index (χ3n) is 6.75. The van der Waals surface area contributed by atoms with E-state index in [1.165, 1.54) is 19.3 Å². The molecular formula is C19H37NO2. The monoisotopic (exact) mass is 311 g/mol. The highest BCUT2D eigenvalue weighted by molar-refractivity contribution is 5.11. The molecule has 0 radical (unpaired) electrons. The van der Waals surface area contributed by atoms with Crippen molar-refractivity contribution in [2.24, 2.45) is 16.7 Å². The second-order valence-electron chi connectivity index (χ2n) is 8.39. The van der Waals surface area contributed by atoms with Gasteiger partial charge >= 0.3 is 0 Å². The Morgan fingerprint density at radius 2 is 1.82 bits per heavy atom. The maximum absolute atomic E-state index is 10.4. The van der Waals surface area contributed by atoms with Crippen LogP contribution < -0.4 is 0 Å². The molecule has 0 unspecified atom stereocenters. The van der Waals surface area contributed by atoms with Crippen LogP contribution >= 0.6 is 0 Å². The van der Waals surface area contributed by atoms with Gasteiger partial charge in [-0.3, -0.25) is 0 Å². The number of hydrogen-bond acceptors (Lipinski definition) is 3. The van der Waals surface area contributed by atoms with E-state index in [2.05, 4.69) is 39.5 Å². The summed E-state index contributed by atoms with van der Waals surface area (Å²) in [5.41, 5.74) is 0.684. The molecule has 0 heterocycles. The van der Waals surface area contributed by atoms with Gasteiger partial charge in [0.1, 0.15) is 0 Å². The Kier molecular flexibility index (Phi) is 5.95. The summed E-state index contributed by atoms with van der Waals surface area (Å²) in [5, 5.41) is 10.4. The zero-order chi connectivity index (χ0) is 16.4. The molecule has 3 heteroatoms. The molecule has 3 nitrogen and oxygen atoms in total. The smallest absolute Gasteiger partial charge is 0.0900 e. The van der Waals surface area contributed by atoms with E-state index in [-0.39, 0.29) is 6.10 Å². The molecule has 2 aliphatic carbocycles. The fourth-order valence-corrected chi connectivity index (χ4v) is 4.89. The largest absolute Gasteiger partial charge is 0.389 e. The summed E-state index contributed by atoms with van der Waals surface area (Å²) in [7, 11) is 0. The van der Waals surface area contributed by atoms with Gasteiger partial charge in [0.25, 0.3) is 0 Å². The van der Waals surface area contributed by atoms with Crippen LogP contribution in [-0.2, 0) is 4.74 Å². The lowest BCUT2D eigenvalue weighted by molar-refractivity contribution is -0.0793. The Labute approximate surface area is 137 Å². The molecular weight excluding hydrogens is 274 g/mol. The van der Waals surface area contributed by atoms with Crippen molar-refractivity contribution in [1.82, 2.24) is 4.90 Å². The van der Waals surface area contributed by atoms with E-state index in [4.69, 9.17) is 4.74 Å². The molecule has 0 saturated heterocycles. The number of ether oxygens (including phenoxy) is 1. The summed E-state index contributed by atoms with van der Waals surface area (Å²) >= 11 is 0. The van der Waals surface area contributed by atoms with E-state index < -0.39 is 0 Å². The van der Waals surface area contributed by atoms with Crippen LogP contribution in [0.2, 0.25) is 0 Å². The molecule has 22 heavy (non-hydrogen) atoms. The molecule has 1 N–H and O–H groups in total. The molecule has 0 spiro atoms. The van der Waals surface area contributed by atoms with Crippen molar-refractivity contribution in [1.29, 1.82) is 0 Å². The Morgan fingerprint density at radius 1 is 1.18 bits per heavy atom. The van der Waals surface area contributed by atoms with E-state index in [0.29, 0.717) is 23.5 Å². The van der Waals surface area contributed by atoms with E-state index in [1.54, 1.807) is 0 Å². The number of fused-ring (bicyclic) bond motifs is 2. The second-order valence-corrected chi connectivity index (χ2v) is 8.39. The molecule has 2 aliphatic rings. The van der Waals surface area contributed by atoms with Gasteiger partial charge in [-0.1, -0.05) is 34.6 Å². The number of hydrogen-bond donors (Lipinski definition) is 1. The van der Waals surface area contributed by atoms with Crippen LogP contribution in [0.15, 0.2) is 0 Å². The number of aliphatic hydroxyl groups is 1. The van der Waals surface area contributed by atoms with Gasteiger partial charge in [0.05, 0.1) is 18.8 Å². The Hall–Kier alpha value is -0.120. The van der Waals surface area contributed by atoms with Crippen molar-refractivity contribution < 1.29 is 9.84 Å². The Balaban J connectivity index is 1.81. The first kappa shape index (κ1) is 18.2. The minimum absolute atomic E-state index is 0.296. The van der Waals surface area contributed by atoms with E-state index in [1.807, 2.05) is 0 Å². The van der Waals surface area contributed by atoms with Crippen molar-refractivity contribution in [2.75, 3.05) is 26.2 Å². The first-order chi connectivity index (χ1) is 10.3. The summed E-state index contributed by atoms with van der Waals surface area (Å²) in [6.45, 7) is 15.0. The quantitative estimate of drug-likeness (QED) is 0.705. The van der Waals surface area contributed by atoms with Crippen molar-refractivity contribution in [3.63, 3.8) is 0 Å². The van der Waals surface area contributed by atoms with E-state index in [0.717, 1.165) is 38.4 Å². The van der Waals surface area contributed by atoms with Crippen molar-refractivity contribution >= 4 is 0 Å². The van der Waals surface area contributed by atoms with Crippen LogP contribution in [0, 0.1) is 16.7 Å². The van der Waals surface area contributed by atoms with Crippen LogP contribution in [0.3, 0.4) is 0 Å². The highest BCUT2D eigenvalue weighted by Crippen LogP contribution is 2.66. The molecule has 0 aromatic rings. The zero-order valence-corrected chi connectivity index (χ0v) is 15.4. The summed E-state index contributed by atoms with van der Waals surface area (Å²) in [5.74, 6) is 0.802. The van der Waals surface area contributed by atoms with Gasteiger partial charge in [-0.15, -0.1) is 0 Å². The molecule has 2 rings (SSSR count). The molecule has 130 valence electrons. The third-order valence-corrected chi connectivity index (χ3v) is 6.75. The number of rotatable bonds is 9. The van der Waals surface area contributed by atoms with Crippen LogP contribution in [0.25, 0.3) is 0 Å². The zero-order valence-electron chi connectivity index (χ0n) is 15.4. The van der Waals surface area contributed by atoms with E-state index >= 15 is 0 Å². The topological polar surface area (TPSA) is 32.7 Å². The highest BCUT2D eigenvalue weighted by Gasteiger charge is 2.61. The van der Waals surface area contributed by atoms with Gasteiger partial charge < -0.3 is 14.7 Å². The Morgan fingerprint density at radius 3 is 2.27 bits per heavy atom. The highest BCUT2D eigenvalue weighted by atomic mass is 16.5. The summed E-state index contributed by atoms with van der Waals surface area (Å²) < 4.78 is 6.22. The van der Waals surface area contributed by atoms with Crippen molar-refractivity contribution in [2.45, 2.75) is 78.9 Å². The molecule has 0 aliphatic heterocycles.